The maximum absolute atomic E-state index is 13.7. The molecule has 462 valence electrons. The fourth-order valence-electron chi connectivity index (χ4n) is 12.0. The molecule has 0 aliphatic carbocycles. The molecule has 0 aromatic heterocycles. The van der Waals surface area contributed by atoms with Gasteiger partial charge >= 0.3 is 0 Å². The van der Waals surface area contributed by atoms with Gasteiger partial charge < -0.3 is 44.7 Å². The zero-order chi connectivity index (χ0) is 58.1. The van der Waals surface area contributed by atoms with Crippen molar-refractivity contribution in [3.63, 3.8) is 0 Å². The Labute approximate surface area is 497 Å². The van der Waals surface area contributed by atoms with E-state index in [9.17, 15) is 25.2 Å². The molecule has 1 saturated heterocycles. The number of hydrogen-bond acceptors (Lipinski definition) is 9. The maximum Gasteiger partial charge on any atom is 0.220 e. The average Bonchev–Trinajstić information content (AvgIpc) is 3.67. The number of amides is 1. The number of hydrogen-bond donors (Lipinski definition) is 5. The Morgan fingerprint density at radius 3 is 1.28 bits per heavy atom. The molecular weight excluding hydrogens is 1020 g/mol. The fourth-order valence-corrected chi connectivity index (χ4v) is 12.0. The summed E-state index contributed by atoms with van der Waals surface area (Å²) in [7, 11) is 0. The van der Waals surface area contributed by atoms with Crippen molar-refractivity contribution in [1.29, 1.82) is 0 Å². The first-order valence-electron chi connectivity index (χ1n) is 33.7. The number of unbranched alkanes of at least 4 members (excludes halogenated alkanes) is 33. The van der Waals surface area contributed by atoms with Gasteiger partial charge in [0.05, 0.1) is 38.6 Å². The van der Waals surface area contributed by atoms with Gasteiger partial charge in [0, 0.05) is 6.42 Å². The minimum absolute atomic E-state index is 0.144. The largest absolute Gasteiger partial charge is 0.394 e. The van der Waals surface area contributed by atoms with Crippen LogP contribution in [0, 0.1) is 0 Å². The number of nitrogens with one attached hydrogen (secondary N) is 1. The van der Waals surface area contributed by atoms with Crippen molar-refractivity contribution in [3.05, 3.63) is 96.1 Å². The van der Waals surface area contributed by atoms with E-state index in [2.05, 4.69) is 49.5 Å². The third kappa shape index (κ3) is 28.2. The normalized spacial score (nSPS) is 18.5. The molecule has 0 unspecified atom stereocenters. The van der Waals surface area contributed by atoms with Gasteiger partial charge in [0.2, 0.25) is 5.91 Å². The van der Waals surface area contributed by atoms with Crippen molar-refractivity contribution in [2.75, 3.05) is 13.2 Å². The Balaban J connectivity index is 1.11. The van der Waals surface area contributed by atoms with Crippen LogP contribution in [0.15, 0.2) is 84.9 Å². The predicted octanol–water partition coefficient (Wildman–Crippen LogP) is 17.2. The molecular formula is C72H115NO9. The highest BCUT2D eigenvalue weighted by Crippen LogP contribution is 2.30. The lowest BCUT2D eigenvalue weighted by atomic mass is 9.97. The summed E-state index contributed by atoms with van der Waals surface area (Å²) in [6, 6.07) is 27.5. The lowest BCUT2D eigenvalue weighted by molar-refractivity contribution is -0.321. The number of ether oxygens (including phenoxy) is 4. The van der Waals surface area contributed by atoms with Crippen molar-refractivity contribution in [2.45, 2.75) is 314 Å². The van der Waals surface area contributed by atoms with Gasteiger partial charge in [-0.15, -0.1) is 0 Å². The van der Waals surface area contributed by atoms with Crippen LogP contribution in [-0.4, -0.2) is 88.5 Å². The summed E-state index contributed by atoms with van der Waals surface area (Å²) in [6.45, 7) is 4.12. The van der Waals surface area contributed by atoms with Gasteiger partial charge in [0.1, 0.15) is 30.5 Å². The quantitative estimate of drug-likeness (QED) is 0.0273. The third-order valence-electron chi connectivity index (χ3n) is 17.3. The number of rotatable bonds is 50. The minimum Gasteiger partial charge on any atom is -0.394 e. The van der Waals surface area contributed by atoms with E-state index in [0.29, 0.717) is 12.8 Å². The van der Waals surface area contributed by atoms with Gasteiger partial charge in [-0.1, -0.05) is 305 Å². The Kier molecular flexibility index (Phi) is 37.3. The molecule has 0 bridgehead atoms. The summed E-state index contributed by atoms with van der Waals surface area (Å²) in [5, 5.41) is 53.1. The van der Waals surface area contributed by atoms with Crippen LogP contribution in [0.2, 0.25) is 0 Å². The summed E-state index contributed by atoms with van der Waals surface area (Å²) < 4.78 is 26.1. The topological polar surface area (TPSA) is 147 Å². The van der Waals surface area contributed by atoms with Crippen molar-refractivity contribution in [1.82, 2.24) is 5.32 Å². The SMILES string of the molecule is CCCCCCCCCCCCCCCCCCCCCCCCCC(=O)N[C@@H](CO[C@H]1O[C@H](CO)[C@H](O)[C@H](OCc2ccc3ccccc3c2)[C@H]1OCc1ccc2ccccc2c1)[C@H](O)[C@H](O)CCCCCCCCCCCCCC. The second kappa shape index (κ2) is 44.1. The van der Waals surface area contributed by atoms with E-state index in [-0.39, 0.29) is 25.7 Å². The molecule has 1 heterocycles. The van der Waals surface area contributed by atoms with Crippen LogP contribution in [0.25, 0.3) is 21.5 Å². The molecule has 10 nitrogen and oxygen atoms in total. The molecule has 5 rings (SSSR count). The van der Waals surface area contributed by atoms with Crippen LogP contribution in [0.5, 0.6) is 0 Å². The Bertz CT molecular complexity index is 2200. The third-order valence-corrected chi connectivity index (χ3v) is 17.3. The molecule has 5 N–H and O–H groups in total. The maximum atomic E-state index is 13.7. The Hall–Kier alpha value is -3.45. The summed E-state index contributed by atoms with van der Waals surface area (Å²) in [5.74, 6) is -0.206. The molecule has 0 saturated carbocycles. The molecule has 1 amide bonds. The zero-order valence-electron chi connectivity index (χ0n) is 51.5. The first-order chi connectivity index (χ1) is 40.3. The van der Waals surface area contributed by atoms with Gasteiger partial charge in [-0.25, -0.2) is 0 Å². The van der Waals surface area contributed by atoms with Gasteiger partial charge in [0.15, 0.2) is 6.29 Å². The van der Waals surface area contributed by atoms with E-state index in [0.717, 1.165) is 71.2 Å². The molecule has 4 aromatic carbocycles. The molecule has 4 aromatic rings. The van der Waals surface area contributed by atoms with Crippen LogP contribution < -0.4 is 5.32 Å². The summed E-state index contributed by atoms with van der Waals surface area (Å²) in [6.07, 6.45) is 37.3. The summed E-state index contributed by atoms with van der Waals surface area (Å²) >= 11 is 0. The second-order valence-corrected chi connectivity index (χ2v) is 24.4. The highest BCUT2D eigenvalue weighted by atomic mass is 16.7. The van der Waals surface area contributed by atoms with Gasteiger partial charge in [-0.2, -0.15) is 0 Å². The summed E-state index contributed by atoms with van der Waals surface area (Å²) in [5.41, 5.74) is 1.80. The van der Waals surface area contributed by atoms with Gasteiger partial charge in [-0.3, -0.25) is 4.79 Å². The van der Waals surface area contributed by atoms with E-state index in [1.54, 1.807) is 0 Å². The molecule has 0 radical (unpaired) electrons. The molecule has 1 aliphatic heterocycles. The first kappa shape index (κ1) is 69.3. The number of aliphatic hydroxyl groups excluding tert-OH is 4. The zero-order valence-corrected chi connectivity index (χ0v) is 51.5. The van der Waals surface area contributed by atoms with Crippen LogP contribution >= 0.6 is 0 Å². The first-order valence-corrected chi connectivity index (χ1v) is 33.7. The number of carbonyl (C=O) groups excluding carboxylic acids is 1. The van der Waals surface area contributed by atoms with E-state index < -0.39 is 55.6 Å². The fraction of sp³-hybridized carbons (Fsp3) is 0.708. The minimum atomic E-state index is -1.31. The number of carbonyl (C=O) groups is 1. The number of benzene rings is 4. The summed E-state index contributed by atoms with van der Waals surface area (Å²) in [4.78, 5) is 13.7. The van der Waals surface area contributed by atoms with Crippen LogP contribution in [0.1, 0.15) is 263 Å². The lowest BCUT2D eigenvalue weighted by Gasteiger charge is -2.44. The van der Waals surface area contributed by atoms with Crippen LogP contribution in [0.4, 0.5) is 0 Å². The Morgan fingerprint density at radius 2 is 0.866 bits per heavy atom. The molecule has 1 aliphatic rings. The molecule has 82 heavy (non-hydrogen) atoms. The lowest BCUT2D eigenvalue weighted by Crippen LogP contribution is -2.61. The molecule has 0 spiro atoms. The van der Waals surface area contributed by atoms with E-state index in [4.69, 9.17) is 18.9 Å². The highest BCUT2D eigenvalue weighted by molar-refractivity contribution is 5.83. The number of aliphatic hydroxyl groups is 4. The van der Waals surface area contributed by atoms with Gasteiger partial charge in [0.25, 0.3) is 0 Å². The monoisotopic (exact) mass is 1140 g/mol. The van der Waals surface area contributed by atoms with Crippen LogP contribution in [-0.2, 0) is 37.0 Å². The smallest absolute Gasteiger partial charge is 0.220 e. The second-order valence-electron chi connectivity index (χ2n) is 24.4. The van der Waals surface area contributed by atoms with Crippen molar-refractivity contribution in [3.8, 4) is 0 Å². The number of fused-ring (bicyclic) bond motifs is 2. The molecule has 10 heteroatoms. The van der Waals surface area contributed by atoms with Gasteiger partial charge in [-0.05, 0) is 57.6 Å². The average molecular weight is 1140 g/mol. The van der Waals surface area contributed by atoms with Crippen molar-refractivity contribution in [2.24, 2.45) is 0 Å². The molecule has 1 fully saturated rings. The van der Waals surface area contributed by atoms with Crippen molar-refractivity contribution >= 4 is 27.5 Å². The van der Waals surface area contributed by atoms with E-state index in [1.807, 2.05) is 54.6 Å². The predicted molar refractivity (Wildman–Crippen MR) is 339 cm³/mol. The van der Waals surface area contributed by atoms with Crippen molar-refractivity contribution < 1.29 is 44.2 Å². The Morgan fingerprint density at radius 1 is 0.488 bits per heavy atom. The molecule has 8 atom stereocenters. The highest BCUT2D eigenvalue weighted by Gasteiger charge is 2.48. The van der Waals surface area contributed by atoms with E-state index >= 15 is 0 Å². The van der Waals surface area contributed by atoms with Crippen LogP contribution in [0.3, 0.4) is 0 Å². The van der Waals surface area contributed by atoms with E-state index in [1.165, 1.54) is 186 Å². The standard InChI is InChI=1S/C72H115NO9/c1-3-5-7-9-11-13-15-17-18-19-20-21-22-23-24-25-26-27-29-31-33-35-37-47-67(76)73-64(68(77)65(75)46-36-34-32-30-28-16-14-12-10-8-6-4-2)57-81-72-71(80-56-59-49-51-61-43-39-41-45-63(61)53-59)70(69(78)66(54-74)82-72)79-55-58-48-50-60-42-38-40-44-62(60)52-58/h38-45,48-53,64-66,68-72,74-75,77-78H,3-37,46-47,54-57H2,1-2H3,(H,73,76)/t64-,65+,66+,68-,69-,70-,71+,72-/m0/s1.